The van der Waals surface area contributed by atoms with E-state index in [1.54, 1.807) is 13.2 Å². The van der Waals surface area contributed by atoms with Crippen molar-refractivity contribution in [3.05, 3.63) is 23.4 Å². The van der Waals surface area contributed by atoms with Crippen molar-refractivity contribution in [2.24, 2.45) is 5.73 Å². The molecule has 5 nitrogen and oxygen atoms in total. The van der Waals surface area contributed by atoms with Crippen LogP contribution in [-0.2, 0) is 10.2 Å². The van der Waals surface area contributed by atoms with Crippen LogP contribution < -0.4 is 10.5 Å². The summed E-state index contributed by atoms with van der Waals surface area (Å²) in [7, 11) is 1.54. The van der Waals surface area contributed by atoms with Crippen molar-refractivity contribution in [2.45, 2.75) is 31.2 Å². The molecule has 1 aliphatic carbocycles. The highest BCUT2D eigenvalue weighted by molar-refractivity contribution is 5.77. The number of hydrogen-bond donors (Lipinski definition) is 2. The predicted octanol–water partition coefficient (Wildman–Crippen LogP) is 0.842. The van der Waals surface area contributed by atoms with E-state index in [1.165, 1.54) is 0 Å². The first-order valence-electron chi connectivity index (χ1n) is 5.51. The van der Waals surface area contributed by atoms with Crippen LogP contribution in [0.5, 0.6) is 5.88 Å². The maximum absolute atomic E-state index is 11.0. The van der Waals surface area contributed by atoms with E-state index in [-0.39, 0.29) is 0 Å². The van der Waals surface area contributed by atoms with Crippen molar-refractivity contribution in [3.63, 3.8) is 0 Å². The average molecular weight is 236 g/mol. The van der Waals surface area contributed by atoms with E-state index in [0.717, 1.165) is 24.1 Å². The molecule has 1 saturated carbocycles. The first-order chi connectivity index (χ1) is 7.99. The van der Waals surface area contributed by atoms with Crippen LogP contribution in [0.25, 0.3) is 0 Å². The molecule has 17 heavy (non-hydrogen) atoms. The van der Waals surface area contributed by atoms with Gasteiger partial charge in [-0.25, -0.2) is 4.98 Å². The molecule has 0 amide bonds. The molecule has 2 rings (SSSR count). The Labute approximate surface area is 99.6 Å². The molecule has 1 fully saturated rings. The number of aryl methyl sites for hydroxylation is 1. The third kappa shape index (κ3) is 1.98. The van der Waals surface area contributed by atoms with Gasteiger partial charge in [-0.3, -0.25) is 4.79 Å². The third-order valence-electron chi connectivity index (χ3n) is 3.36. The molecule has 0 spiro atoms. The summed E-state index contributed by atoms with van der Waals surface area (Å²) < 4.78 is 5.10. The van der Waals surface area contributed by atoms with Crippen molar-refractivity contribution in [2.75, 3.05) is 7.11 Å². The number of nitrogens with two attached hydrogens (primary N) is 1. The van der Waals surface area contributed by atoms with Gasteiger partial charge in [0.15, 0.2) is 0 Å². The number of carboxylic acids is 1. The highest BCUT2D eigenvalue weighted by Crippen LogP contribution is 2.51. The molecular formula is C12H16N2O3. The number of methoxy groups -OCH3 is 1. The van der Waals surface area contributed by atoms with Gasteiger partial charge < -0.3 is 15.6 Å². The number of carboxylic acid groups (broad SMARTS) is 1. The molecule has 92 valence electrons. The number of pyridine rings is 1. The van der Waals surface area contributed by atoms with E-state index in [2.05, 4.69) is 4.98 Å². The van der Waals surface area contributed by atoms with Crippen molar-refractivity contribution in [1.82, 2.24) is 4.98 Å². The normalized spacial score (nSPS) is 18.5. The summed E-state index contributed by atoms with van der Waals surface area (Å²) in [6.45, 7) is 1.86. The smallest absolute Gasteiger partial charge is 0.321 e. The molecule has 1 unspecified atom stereocenters. The maximum atomic E-state index is 11.0. The number of aromatic nitrogens is 1. The number of rotatable bonds is 4. The lowest BCUT2D eigenvalue weighted by molar-refractivity contribution is -0.139. The van der Waals surface area contributed by atoms with Crippen LogP contribution in [0, 0.1) is 6.92 Å². The molecule has 1 aromatic heterocycles. The van der Waals surface area contributed by atoms with Gasteiger partial charge in [-0.05, 0) is 31.4 Å². The second kappa shape index (κ2) is 4.00. The molecule has 1 atom stereocenters. The lowest BCUT2D eigenvalue weighted by Gasteiger charge is -2.20. The van der Waals surface area contributed by atoms with Crippen molar-refractivity contribution < 1.29 is 14.6 Å². The van der Waals surface area contributed by atoms with Crippen LogP contribution in [0.1, 0.15) is 24.1 Å². The molecule has 5 heteroatoms. The summed E-state index contributed by atoms with van der Waals surface area (Å²) in [6, 6.07) is 2.80. The van der Waals surface area contributed by atoms with Gasteiger partial charge >= 0.3 is 5.97 Å². The molecule has 1 aliphatic rings. The second-order valence-electron chi connectivity index (χ2n) is 4.51. The Hall–Kier alpha value is -1.62. The van der Waals surface area contributed by atoms with Gasteiger partial charge in [0.05, 0.1) is 7.11 Å². The molecule has 1 heterocycles. The summed E-state index contributed by atoms with van der Waals surface area (Å²) in [6.07, 6.45) is 1.60. The van der Waals surface area contributed by atoms with Crippen molar-refractivity contribution in [3.8, 4) is 5.88 Å². The summed E-state index contributed by atoms with van der Waals surface area (Å²) in [5.41, 5.74) is 7.05. The third-order valence-corrected chi connectivity index (χ3v) is 3.36. The fraction of sp³-hybridized carbons (Fsp3) is 0.500. The SMILES string of the molecule is COc1cc(C2(C(N)C(=O)O)CC2)cc(C)n1. The van der Waals surface area contributed by atoms with E-state index < -0.39 is 17.4 Å². The van der Waals surface area contributed by atoms with Crippen LogP contribution in [0.4, 0.5) is 0 Å². The van der Waals surface area contributed by atoms with Crippen LogP contribution in [0.15, 0.2) is 12.1 Å². The Morgan fingerprint density at radius 3 is 2.71 bits per heavy atom. The Morgan fingerprint density at radius 2 is 2.24 bits per heavy atom. The van der Waals surface area contributed by atoms with E-state index in [9.17, 15) is 4.79 Å². The van der Waals surface area contributed by atoms with Gasteiger partial charge in [0.1, 0.15) is 6.04 Å². The lowest BCUT2D eigenvalue weighted by atomic mass is 9.88. The highest BCUT2D eigenvalue weighted by Gasteiger charge is 2.52. The van der Waals surface area contributed by atoms with E-state index in [0.29, 0.717) is 5.88 Å². The van der Waals surface area contributed by atoms with Crippen LogP contribution in [0.3, 0.4) is 0 Å². The first kappa shape index (κ1) is 11.9. The van der Waals surface area contributed by atoms with Gasteiger partial charge in [-0.2, -0.15) is 0 Å². The number of hydrogen-bond acceptors (Lipinski definition) is 4. The Kier molecular flexibility index (Phi) is 2.79. The number of nitrogens with zero attached hydrogens (tertiary/aromatic N) is 1. The maximum Gasteiger partial charge on any atom is 0.321 e. The Balaban J connectivity index is 2.40. The minimum Gasteiger partial charge on any atom is -0.481 e. The van der Waals surface area contributed by atoms with E-state index in [4.69, 9.17) is 15.6 Å². The zero-order valence-corrected chi connectivity index (χ0v) is 9.93. The number of ether oxygens (including phenoxy) is 1. The molecule has 0 aromatic carbocycles. The molecule has 0 bridgehead atoms. The second-order valence-corrected chi connectivity index (χ2v) is 4.51. The minimum absolute atomic E-state index is 0.438. The summed E-state index contributed by atoms with van der Waals surface area (Å²) in [5.74, 6) is -0.459. The van der Waals surface area contributed by atoms with Crippen molar-refractivity contribution in [1.29, 1.82) is 0 Å². The quantitative estimate of drug-likeness (QED) is 0.809. The fourth-order valence-corrected chi connectivity index (χ4v) is 2.18. The zero-order chi connectivity index (χ0) is 12.6. The van der Waals surface area contributed by atoms with Crippen molar-refractivity contribution >= 4 is 5.97 Å². The zero-order valence-electron chi connectivity index (χ0n) is 9.93. The van der Waals surface area contributed by atoms with Gasteiger partial charge in [-0.1, -0.05) is 0 Å². The minimum atomic E-state index is -0.962. The topological polar surface area (TPSA) is 85.4 Å². The predicted molar refractivity (Wildman–Crippen MR) is 62.0 cm³/mol. The molecule has 1 aromatic rings. The molecule has 3 N–H and O–H groups in total. The average Bonchev–Trinajstić information content (AvgIpc) is 3.08. The standard InChI is InChI=1S/C12H16N2O3/c1-7-5-8(6-9(14-7)17-2)12(3-4-12)10(13)11(15)16/h5-6,10H,3-4,13H2,1-2H3,(H,15,16). The van der Waals surface area contributed by atoms with Gasteiger partial charge in [0.2, 0.25) is 5.88 Å². The summed E-state index contributed by atoms with van der Waals surface area (Å²) in [4.78, 5) is 15.2. The Morgan fingerprint density at radius 1 is 1.59 bits per heavy atom. The fourth-order valence-electron chi connectivity index (χ4n) is 2.18. The first-order valence-corrected chi connectivity index (χ1v) is 5.51. The lowest BCUT2D eigenvalue weighted by Crippen LogP contribution is -2.42. The van der Waals surface area contributed by atoms with Gasteiger partial charge in [0, 0.05) is 17.2 Å². The van der Waals surface area contributed by atoms with E-state index >= 15 is 0 Å². The number of carbonyl (C=O) groups is 1. The molecule has 0 aliphatic heterocycles. The van der Waals surface area contributed by atoms with Gasteiger partial charge in [0.25, 0.3) is 0 Å². The summed E-state index contributed by atoms with van der Waals surface area (Å²) >= 11 is 0. The van der Waals surface area contributed by atoms with Crippen LogP contribution in [-0.4, -0.2) is 29.2 Å². The molecule has 0 radical (unpaired) electrons. The molecule has 0 saturated heterocycles. The Bertz CT molecular complexity index is 455. The van der Waals surface area contributed by atoms with Gasteiger partial charge in [-0.15, -0.1) is 0 Å². The largest absolute Gasteiger partial charge is 0.481 e. The summed E-state index contributed by atoms with van der Waals surface area (Å²) in [5, 5.41) is 9.04. The van der Waals surface area contributed by atoms with E-state index in [1.807, 2.05) is 13.0 Å². The highest BCUT2D eigenvalue weighted by atomic mass is 16.5. The van der Waals surface area contributed by atoms with Crippen LogP contribution >= 0.6 is 0 Å². The molecular weight excluding hydrogens is 220 g/mol. The monoisotopic (exact) mass is 236 g/mol. The number of aliphatic carboxylic acids is 1. The van der Waals surface area contributed by atoms with Crippen LogP contribution in [0.2, 0.25) is 0 Å².